The first-order valence-electron chi connectivity index (χ1n) is 5.74. The number of methoxy groups -OCH3 is 1. The van der Waals surface area contributed by atoms with E-state index in [1.807, 2.05) is 24.3 Å². The molecule has 0 radical (unpaired) electrons. The molecule has 1 aromatic carbocycles. The van der Waals surface area contributed by atoms with E-state index in [1.54, 1.807) is 7.11 Å². The molecule has 0 unspecified atom stereocenters. The fourth-order valence-electron chi connectivity index (χ4n) is 1.83. The highest BCUT2D eigenvalue weighted by atomic mass is 127. The summed E-state index contributed by atoms with van der Waals surface area (Å²) in [5.41, 5.74) is 6.12. The molecule has 18 heavy (non-hydrogen) atoms. The average Bonchev–Trinajstić information content (AvgIpc) is 2.28. The molecule has 4 nitrogen and oxygen atoms in total. The van der Waals surface area contributed by atoms with Gasteiger partial charge in [-0.1, -0.05) is 25.1 Å². The maximum atomic E-state index is 11.0. The SMILES string of the molecule is COC[C@H](C)C[C@@H](OC(N)=O)c1ccccc1I. The molecule has 2 atom stereocenters. The summed E-state index contributed by atoms with van der Waals surface area (Å²) in [5, 5.41) is 0. The van der Waals surface area contributed by atoms with Crippen molar-refractivity contribution in [3.8, 4) is 0 Å². The van der Waals surface area contributed by atoms with Crippen LogP contribution in [0.3, 0.4) is 0 Å². The molecular weight excluding hydrogens is 345 g/mol. The summed E-state index contributed by atoms with van der Waals surface area (Å²) in [6, 6.07) is 7.81. The molecule has 0 aliphatic heterocycles. The van der Waals surface area contributed by atoms with E-state index in [2.05, 4.69) is 29.5 Å². The van der Waals surface area contributed by atoms with Crippen LogP contribution in [0.1, 0.15) is 25.0 Å². The zero-order valence-corrected chi connectivity index (χ0v) is 12.7. The molecule has 0 aliphatic carbocycles. The van der Waals surface area contributed by atoms with Crippen LogP contribution in [-0.2, 0) is 9.47 Å². The van der Waals surface area contributed by atoms with E-state index in [0.29, 0.717) is 13.0 Å². The van der Waals surface area contributed by atoms with E-state index >= 15 is 0 Å². The number of rotatable bonds is 6. The number of nitrogens with two attached hydrogens (primary N) is 1. The van der Waals surface area contributed by atoms with Gasteiger partial charge in [0.05, 0.1) is 0 Å². The minimum Gasteiger partial charge on any atom is -0.441 e. The Balaban J connectivity index is 2.84. The predicted octanol–water partition coefficient (Wildman–Crippen LogP) is 3.10. The van der Waals surface area contributed by atoms with E-state index in [1.165, 1.54) is 0 Å². The van der Waals surface area contributed by atoms with E-state index in [9.17, 15) is 4.79 Å². The molecule has 0 saturated heterocycles. The molecule has 0 spiro atoms. The van der Waals surface area contributed by atoms with Crippen molar-refractivity contribution in [1.82, 2.24) is 0 Å². The lowest BCUT2D eigenvalue weighted by Crippen LogP contribution is -2.20. The Hall–Kier alpha value is -0.820. The Morgan fingerprint density at radius 1 is 1.44 bits per heavy atom. The Morgan fingerprint density at radius 2 is 2.11 bits per heavy atom. The van der Waals surface area contributed by atoms with Gasteiger partial charge >= 0.3 is 6.09 Å². The number of carbonyl (C=O) groups excluding carboxylic acids is 1. The van der Waals surface area contributed by atoms with Crippen LogP contribution >= 0.6 is 22.6 Å². The fraction of sp³-hybridized carbons (Fsp3) is 0.462. The van der Waals surface area contributed by atoms with Gasteiger partial charge in [-0.05, 0) is 41.0 Å². The molecule has 0 heterocycles. The zero-order chi connectivity index (χ0) is 13.5. The van der Waals surface area contributed by atoms with E-state index in [-0.39, 0.29) is 12.0 Å². The highest BCUT2D eigenvalue weighted by Crippen LogP contribution is 2.28. The summed E-state index contributed by atoms with van der Waals surface area (Å²) in [6.45, 7) is 2.68. The van der Waals surface area contributed by atoms with Gasteiger partial charge in [0.2, 0.25) is 0 Å². The molecular formula is C13H18INO3. The Morgan fingerprint density at radius 3 is 2.67 bits per heavy atom. The second-order valence-corrected chi connectivity index (χ2v) is 5.41. The summed E-state index contributed by atoms with van der Waals surface area (Å²) in [6.07, 6.45) is -0.374. The highest BCUT2D eigenvalue weighted by Gasteiger charge is 2.20. The molecule has 2 N–H and O–H groups in total. The van der Waals surface area contributed by atoms with Crippen molar-refractivity contribution in [2.24, 2.45) is 11.7 Å². The summed E-state index contributed by atoms with van der Waals surface area (Å²) in [5.74, 6) is 0.287. The molecule has 1 amide bonds. The van der Waals surface area contributed by atoms with Crippen molar-refractivity contribution >= 4 is 28.7 Å². The maximum absolute atomic E-state index is 11.0. The van der Waals surface area contributed by atoms with Crippen molar-refractivity contribution < 1.29 is 14.3 Å². The molecule has 0 saturated carbocycles. The van der Waals surface area contributed by atoms with Gasteiger partial charge in [-0.25, -0.2) is 4.79 Å². The van der Waals surface area contributed by atoms with Gasteiger partial charge in [0, 0.05) is 22.9 Å². The lowest BCUT2D eigenvalue weighted by Gasteiger charge is -2.21. The smallest absolute Gasteiger partial charge is 0.405 e. The van der Waals surface area contributed by atoms with E-state index in [4.69, 9.17) is 15.2 Å². The van der Waals surface area contributed by atoms with Crippen LogP contribution in [0, 0.1) is 9.49 Å². The molecule has 1 rings (SSSR count). The van der Waals surface area contributed by atoms with Gasteiger partial charge in [0.25, 0.3) is 0 Å². The number of carbonyl (C=O) groups is 1. The van der Waals surface area contributed by atoms with Crippen molar-refractivity contribution in [3.05, 3.63) is 33.4 Å². The van der Waals surface area contributed by atoms with Gasteiger partial charge in [0.15, 0.2) is 0 Å². The average molecular weight is 363 g/mol. The zero-order valence-electron chi connectivity index (χ0n) is 10.6. The van der Waals surface area contributed by atoms with Crippen LogP contribution in [0.2, 0.25) is 0 Å². The second-order valence-electron chi connectivity index (χ2n) is 4.24. The summed E-state index contributed by atoms with van der Waals surface area (Å²) < 4.78 is 11.4. The van der Waals surface area contributed by atoms with Gasteiger partial charge < -0.3 is 15.2 Å². The Kier molecular flexibility index (Phi) is 6.42. The van der Waals surface area contributed by atoms with Crippen LogP contribution in [0.4, 0.5) is 4.79 Å². The van der Waals surface area contributed by atoms with Gasteiger partial charge in [-0.3, -0.25) is 0 Å². The number of hydrogen-bond donors (Lipinski definition) is 1. The quantitative estimate of drug-likeness (QED) is 0.790. The van der Waals surface area contributed by atoms with E-state index < -0.39 is 6.09 Å². The summed E-state index contributed by atoms with van der Waals surface area (Å²) in [4.78, 5) is 11.0. The number of amides is 1. The predicted molar refractivity (Wildman–Crippen MR) is 78.2 cm³/mol. The molecule has 1 aromatic rings. The van der Waals surface area contributed by atoms with Gasteiger partial charge in [-0.2, -0.15) is 0 Å². The fourth-order valence-corrected chi connectivity index (χ4v) is 2.57. The van der Waals surface area contributed by atoms with Gasteiger partial charge in [-0.15, -0.1) is 0 Å². The molecule has 0 aromatic heterocycles. The van der Waals surface area contributed by atoms with Crippen LogP contribution < -0.4 is 5.73 Å². The number of primary amides is 1. The van der Waals surface area contributed by atoms with Gasteiger partial charge in [0.1, 0.15) is 6.10 Å². The standard InChI is InChI=1S/C13H18INO3/c1-9(8-17-2)7-12(18-13(15)16)10-5-3-4-6-11(10)14/h3-6,9,12H,7-8H2,1-2H3,(H2,15,16)/t9-,12-/m1/s1. The van der Waals surface area contributed by atoms with Crippen molar-refractivity contribution in [2.45, 2.75) is 19.4 Å². The number of hydrogen-bond acceptors (Lipinski definition) is 3. The normalized spacial score (nSPS) is 13.9. The minimum atomic E-state index is -0.746. The first-order valence-corrected chi connectivity index (χ1v) is 6.82. The molecule has 5 heteroatoms. The third-order valence-electron chi connectivity index (χ3n) is 2.58. The number of benzene rings is 1. The molecule has 100 valence electrons. The first kappa shape index (κ1) is 15.2. The number of ether oxygens (including phenoxy) is 2. The third kappa shape index (κ3) is 4.81. The molecule has 0 aliphatic rings. The largest absolute Gasteiger partial charge is 0.441 e. The minimum absolute atomic E-state index is 0.287. The summed E-state index contributed by atoms with van der Waals surface area (Å²) in [7, 11) is 1.66. The Bertz CT molecular complexity index is 398. The van der Waals surface area contributed by atoms with Crippen LogP contribution in [0.5, 0.6) is 0 Å². The summed E-state index contributed by atoms with van der Waals surface area (Å²) >= 11 is 2.23. The van der Waals surface area contributed by atoms with E-state index in [0.717, 1.165) is 9.13 Å². The third-order valence-corrected chi connectivity index (χ3v) is 3.56. The number of halogens is 1. The Labute approximate surface area is 121 Å². The first-order chi connectivity index (χ1) is 8.54. The van der Waals surface area contributed by atoms with Crippen molar-refractivity contribution in [1.29, 1.82) is 0 Å². The molecule has 0 bridgehead atoms. The lowest BCUT2D eigenvalue weighted by atomic mass is 9.98. The maximum Gasteiger partial charge on any atom is 0.405 e. The van der Waals surface area contributed by atoms with Crippen LogP contribution in [0.25, 0.3) is 0 Å². The van der Waals surface area contributed by atoms with Crippen LogP contribution in [-0.4, -0.2) is 19.8 Å². The molecule has 0 fully saturated rings. The lowest BCUT2D eigenvalue weighted by molar-refractivity contribution is 0.0736. The monoisotopic (exact) mass is 363 g/mol. The second kappa shape index (κ2) is 7.58. The van der Waals surface area contributed by atoms with Crippen molar-refractivity contribution in [3.63, 3.8) is 0 Å². The van der Waals surface area contributed by atoms with Crippen molar-refractivity contribution in [2.75, 3.05) is 13.7 Å². The topological polar surface area (TPSA) is 61.6 Å². The van der Waals surface area contributed by atoms with Crippen LogP contribution in [0.15, 0.2) is 24.3 Å². The highest BCUT2D eigenvalue weighted by molar-refractivity contribution is 14.1.